The minimum absolute atomic E-state index is 0.163. The fraction of sp³-hybridized carbons (Fsp3) is 0.889. The Bertz CT molecular complexity index is 143. The van der Waals surface area contributed by atoms with Crippen LogP contribution < -0.4 is 10.6 Å². The van der Waals surface area contributed by atoms with Crippen LogP contribution in [0.15, 0.2) is 0 Å². The van der Waals surface area contributed by atoms with Gasteiger partial charge in [-0.3, -0.25) is 4.79 Å². The summed E-state index contributed by atoms with van der Waals surface area (Å²) in [5.74, 6) is 0.163. The molecule has 1 atom stereocenters. The van der Waals surface area contributed by atoms with Crippen molar-refractivity contribution in [1.29, 1.82) is 0 Å². The average Bonchev–Trinajstić information content (AvgIpc) is 2.00. The largest absolute Gasteiger partial charge is 0.356 e. The number of carbonyl (C=O) groups excluding carboxylic acids is 1. The van der Waals surface area contributed by atoms with Crippen LogP contribution in [0.25, 0.3) is 0 Å². The Morgan fingerprint density at radius 2 is 2.42 bits per heavy atom. The highest BCUT2D eigenvalue weighted by atomic mass is 16.1. The molecule has 0 spiro atoms. The molecule has 70 valence electrons. The normalized spacial score (nSPS) is 21.6. The van der Waals surface area contributed by atoms with Crippen molar-refractivity contribution >= 4 is 5.91 Å². The highest BCUT2D eigenvalue weighted by Gasteiger charge is 2.14. The quantitative estimate of drug-likeness (QED) is 0.595. The highest BCUT2D eigenvalue weighted by Crippen LogP contribution is 2.07. The lowest BCUT2D eigenvalue weighted by Gasteiger charge is -2.27. The summed E-state index contributed by atoms with van der Waals surface area (Å²) in [6, 6.07) is 0.725. The Hall–Kier alpha value is -0.570. The van der Waals surface area contributed by atoms with Gasteiger partial charge >= 0.3 is 0 Å². The van der Waals surface area contributed by atoms with E-state index in [9.17, 15) is 4.79 Å². The van der Waals surface area contributed by atoms with Crippen molar-refractivity contribution < 1.29 is 4.79 Å². The van der Waals surface area contributed by atoms with Gasteiger partial charge in [0.25, 0.3) is 0 Å². The molecule has 0 aromatic carbocycles. The summed E-state index contributed by atoms with van der Waals surface area (Å²) in [5, 5.41) is 6.20. The Labute approximate surface area is 73.9 Å². The fourth-order valence-electron chi connectivity index (χ4n) is 1.30. The second-order valence-corrected chi connectivity index (χ2v) is 3.29. The molecule has 1 fully saturated rings. The lowest BCUT2D eigenvalue weighted by molar-refractivity contribution is -0.120. The highest BCUT2D eigenvalue weighted by molar-refractivity contribution is 5.75. The van der Waals surface area contributed by atoms with E-state index in [1.807, 2.05) is 6.92 Å². The van der Waals surface area contributed by atoms with Crippen molar-refractivity contribution in [2.24, 2.45) is 0 Å². The van der Waals surface area contributed by atoms with Gasteiger partial charge in [-0.25, -0.2) is 0 Å². The summed E-state index contributed by atoms with van der Waals surface area (Å²) < 4.78 is 0. The number of carbonyl (C=O) groups is 1. The van der Waals surface area contributed by atoms with Crippen LogP contribution in [0.1, 0.15) is 32.6 Å². The van der Waals surface area contributed by atoms with E-state index >= 15 is 0 Å². The number of hydrogen-bond acceptors (Lipinski definition) is 2. The first-order valence-corrected chi connectivity index (χ1v) is 4.83. The summed E-state index contributed by atoms with van der Waals surface area (Å²) >= 11 is 0. The first-order chi connectivity index (χ1) is 5.83. The Kier molecular flexibility index (Phi) is 4.08. The fourth-order valence-corrected chi connectivity index (χ4v) is 1.30. The molecule has 1 saturated heterocycles. The van der Waals surface area contributed by atoms with Gasteiger partial charge in [0.05, 0.1) is 0 Å². The predicted molar refractivity (Wildman–Crippen MR) is 48.9 cm³/mol. The maximum Gasteiger partial charge on any atom is 0.219 e. The topological polar surface area (TPSA) is 41.1 Å². The number of rotatable bonds is 5. The molecule has 1 aliphatic rings. The van der Waals surface area contributed by atoms with Gasteiger partial charge in [0.15, 0.2) is 0 Å². The van der Waals surface area contributed by atoms with Crippen LogP contribution in [0.5, 0.6) is 0 Å². The Balaban J connectivity index is 1.85. The molecule has 0 aromatic rings. The van der Waals surface area contributed by atoms with E-state index in [2.05, 4.69) is 10.6 Å². The third-order valence-corrected chi connectivity index (χ3v) is 2.30. The minimum Gasteiger partial charge on any atom is -0.356 e. The zero-order valence-electron chi connectivity index (χ0n) is 7.73. The number of nitrogens with one attached hydrogen (secondary N) is 2. The van der Waals surface area contributed by atoms with E-state index in [1.165, 1.54) is 19.4 Å². The van der Waals surface area contributed by atoms with Gasteiger partial charge < -0.3 is 10.6 Å². The van der Waals surface area contributed by atoms with Gasteiger partial charge in [0.1, 0.15) is 0 Å². The molecule has 1 rings (SSSR count). The van der Waals surface area contributed by atoms with E-state index < -0.39 is 0 Å². The second-order valence-electron chi connectivity index (χ2n) is 3.29. The van der Waals surface area contributed by atoms with Crippen LogP contribution in [-0.2, 0) is 4.79 Å². The Morgan fingerprint density at radius 3 is 2.92 bits per heavy atom. The first-order valence-electron chi connectivity index (χ1n) is 4.83. The molecule has 1 amide bonds. The van der Waals surface area contributed by atoms with Crippen LogP contribution >= 0.6 is 0 Å². The molecule has 0 aromatic heterocycles. The summed E-state index contributed by atoms with van der Waals surface area (Å²) in [5.41, 5.74) is 0. The van der Waals surface area contributed by atoms with Gasteiger partial charge in [-0.15, -0.1) is 0 Å². The monoisotopic (exact) mass is 170 g/mol. The SMILES string of the molecule is CCC(=O)NCCCC1CCN1. The average molecular weight is 170 g/mol. The van der Waals surface area contributed by atoms with E-state index in [-0.39, 0.29) is 5.91 Å². The summed E-state index contributed by atoms with van der Waals surface area (Å²) in [6.07, 6.45) is 4.21. The number of amides is 1. The minimum atomic E-state index is 0.163. The molecule has 0 aliphatic carbocycles. The molecule has 0 radical (unpaired) electrons. The first kappa shape index (κ1) is 9.52. The standard InChI is InChI=1S/C9H18N2O/c1-2-9(12)11-6-3-4-8-5-7-10-8/h8,10H,2-7H2,1H3,(H,11,12). The van der Waals surface area contributed by atoms with E-state index in [0.717, 1.165) is 19.0 Å². The van der Waals surface area contributed by atoms with Crippen molar-refractivity contribution in [2.45, 2.75) is 38.6 Å². The van der Waals surface area contributed by atoms with Crippen molar-refractivity contribution in [3.63, 3.8) is 0 Å². The van der Waals surface area contributed by atoms with Gasteiger partial charge in [0, 0.05) is 19.0 Å². The van der Waals surface area contributed by atoms with E-state index in [4.69, 9.17) is 0 Å². The van der Waals surface area contributed by atoms with Gasteiger partial charge in [-0.05, 0) is 25.8 Å². The molecule has 1 unspecified atom stereocenters. The Morgan fingerprint density at radius 1 is 1.67 bits per heavy atom. The molecule has 12 heavy (non-hydrogen) atoms. The van der Waals surface area contributed by atoms with E-state index in [1.54, 1.807) is 0 Å². The lowest BCUT2D eigenvalue weighted by Crippen LogP contribution is -2.43. The second kappa shape index (κ2) is 5.14. The van der Waals surface area contributed by atoms with Crippen LogP contribution in [0.4, 0.5) is 0 Å². The predicted octanol–water partition coefficient (Wildman–Crippen LogP) is 0.655. The van der Waals surface area contributed by atoms with E-state index in [0.29, 0.717) is 6.42 Å². The molecular weight excluding hydrogens is 152 g/mol. The van der Waals surface area contributed by atoms with Crippen molar-refractivity contribution in [1.82, 2.24) is 10.6 Å². The number of hydrogen-bond donors (Lipinski definition) is 2. The van der Waals surface area contributed by atoms with Crippen molar-refractivity contribution in [3.8, 4) is 0 Å². The maximum absolute atomic E-state index is 10.8. The smallest absolute Gasteiger partial charge is 0.219 e. The van der Waals surface area contributed by atoms with Crippen LogP contribution in [0.3, 0.4) is 0 Å². The molecule has 0 saturated carbocycles. The summed E-state index contributed by atoms with van der Waals surface area (Å²) in [7, 11) is 0. The molecule has 0 bridgehead atoms. The molecule has 3 nitrogen and oxygen atoms in total. The zero-order valence-corrected chi connectivity index (χ0v) is 7.73. The molecule has 2 N–H and O–H groups in total. The lowest BCUT2D eigenvalue weighted by atomic mass is 10.0. The van der Waals surface area contributed by atoms with Crippen LogP contribution in [0, 0.1) is 0 Å². The molecule has 1 aliphatic heterocycles. The van der Waals surface area contributed by atoms with Crippen molar-refractivity contribution in [3.05, 3.63) is 0 Å². The molecule has 1 heterocycles. The molecule has 3 heteroatoms. The summed E-state index contributed by atoms with van der Waals surface area (Å²) in [4.78, 5) is 10.8. The van der Waals surface area contributed by atoms with Crippen LogP contribution in [-0.4, -0.2) is 25.0 Å². The van der Waals surface area contributed by atoms with Gasteiger partial charge in [-0.1, -0.05) is 6.92 Å². The zero-order chi connectivity index (χ0) is 8.81. The van der Waals surface area contributed by atoms with Crippen molar-refractivity contribution in [2.75, 3.05) is 13.1 Å². The van der Waals surface area contributed by atoms with Gasteiger partial charge in [0.2, 0.25) is 5.91 Å². The maximum atomic E-state index is 10.8. The van der Waals surface area contributed by atoms with Gasteiger partial charge in [-0.2, -0.15) is 0 Å². The summed E-state index contributed by atoms with van der Waals surface area (Å²) in [6.45, 7) is 3.89. The molecular formula is C9H18N2O. The third kappa shape index (κ3) is 3.22. The third-order valence-electron chi connectivity index (χ3n) is 2.30. The van der Waals surface area contributed by atoms with Crippen LogP contribution in [0.2, 0.25) is 0 Å².